The quantitative estimate of drug-likeness (QED) is 0.896. The van der Waals surface area contributed by atoms with Gasteiger partial charge in [0.1, 0.15) is 11.6 Å². The molecule has 3 heterocycles. The number of aryl methyl sites for hydroxylation is 1. The van der Waals surface area contributed by atoms with Crippen LogP contribution in [0.15, 0.2) is 6.07 Å². The van der Waals surface area contributed by atoms with Crippen LogP contribution >= 0.6 is 0 Å². The van der Waals surface area contributed by atoms with Crippen molar-refractivity contribution in [1.82, 2.24) is 14.9 Å². The van der Waals surface area contributed by atoms with Crippen molar-refractivity contribution in [3.05, 3.63) is 17.6 Å². The molecule has 0 amide bonds. The van der Waals surface area contributed by atoms with E-state index < -0.39 is 0 Å². The zero-order valence-corrected chi connectivity index (χ0v) is 15.5. The molecular formula is C19H32N4O. The van der Waals surface area contributed by atoms with E-state index in [2.05, 4.69) is 35.1 Å². The fourth-order valence-corrected chi connectivity index (χ4v) is 3.92. The lowest BCUT2D eigenvalue weighted by atomic mass is 9.86. The molecule has 0 saturated carbocycles. The zero-order valence-electron chi connectivity index (χ0n) is 15.5. The second-order valence-corrected chi connectivity index (χ2v) is 7.65. The summed E-state index contributed by atoms with van der Waals surface area (Å²) in [4.78, 5) is 12.0. The highest BCUT2D eigenvalue weighted by Gasteiger charge is 2.38. The van der Waals surface area contributed by atoms with Gasteiger partial charge < -0.3 is 10.1 Å². The molecule has 5 heteroatoms. The maximum Gasteiger partial charge on any atom is 0.133 e. The third-order valence-electron chi connectivity index (χ3n) is 5.44. The number of nitrogens with one attached hydrogen (secondary N) is 1. The molecule has 2 saturated heterocycles. The normalized spacial score (nSPS) is 21.8. The first kappa shape index (κ1) is 17.6. The van der Waals surface area contributed by atoms with Gasteiger partial charge >= 0.3 is 0 Å². The first-order chi connectivity index (χ1) is 11.6. The number of anilines is 1. The summed E-state index contributed by atoms with van der Waals surface area (Å²) in [6.45, 7) is 11.5. The second kappa shape index (κ2) is 7.79. The molecule has 0 unspecified atom stereocenters. The van der Waals surface area contributed by atoms with Crippen LogP contribution in [-0.2, 0) is 4.74 Å². The smallest absolute Gasteiger partial charge is 0.133 e. The van der Waals surface area contributed by atoms with Crippen LogP contribution in [0.5, 0.6) is 0 Å². The molecule has 0 atom stereocenters. The van der Waals surface area contributed by atoms with Gasteiger partial charge in [-0.05, 0) is 45.7 Å². The Morgan fingerprint density at radius 2 is 1.88 bits per heavy atom. The number of hydrogen-bond acceptors (Lipinski definition) is 5. The fraction of sp³-hybridized carbons (Fsp3) is 0.789. The van der Waals surface area contributed by atoms with Crippen molar-refractivity contribution in [3.63, 3.8) is 0 Å². The lowest BCUT2D eigenvalue weighted by molar-refractivity contribution is -0.0293. The average Bonchev–Trinajstić information content (AvgIpc) is 2.61. The standard InChI is InChI=1S/C19H32N4O/c1-15(2)18-21-16(3)13-17(22-18)20-14-19(7-11-24-12-8-19)23-9-5-4-6-10-23/h13,15H,4-12,14H2,1-3H3,(H,20,21,22). The lowest BCUT2D eigenvalue weighted by Gasteiger charge is -2.48. The van der Waals surface area contributed by atoms with Crippen LogP contribution in [0.25, 0.3) is 0 Å². The summed E-state index contributed by atoms with van der Waals surface area (Å²) in [5.41, 5.74) is 1.25. The van der Waals surface area contributed by atoms with Crippen LogP contribution in [0, 0.1) is 6.92 Å². The van der Waals surface area contributed by atoms with E-state index in [9.17, 15) is 0 Å². The number of aromatic nitrogens is 2. The predicted molar refractivity (Wildman–Crippen MR) is 97.6 cm³/mol. The highest BCUT2D eigenvalue weighted by atomic mass is 16.5. The predicted octanol–water partition coefficient (Wildman–Crippen LogP) is 3.36. The van der Waals surface area contributed by atoms with E-state index in [0.717, 1.165) is 49.9 Å². The van der Waals surface area contributed by atoms with Crippen molar-refractivity contribution >= 4 is 5.82 Å². The lowest BCUT2D eigenvalue weighted by Crippen LogP contribution is -2.57. The Bertz CT molecular complexity index is 534. The van der Waals surface area contributed by atoms with Gasteiger partial charge in [-0.25, -0.2) is 9.97 Å². The van der Waals surface area contributed by atoms with Gasteiger partial charge in [-0.2, -0.15) is 0 Å². The van der Waals surface area contributed by atoms with Gasteiger partial charge in [0.05, 0.1) is 0 Å². The maximum absolute atomic E-state index is 5.66. The monoisotopic (exact) mass is 332 g/mol. The van der Waals surface area contributed by atoms with Gasteiger partial charge in [-0.3, -0.25) is 4.90 Å². The van der Waals surface area contributed by atoms with Crippen LogP contribution < -0.4 is 5.32 Å². The molecule has 2 aliphatic heterocycles. The third kappa shape index (κ3) is 4.06. The van der Waals surface area contributed by atoms with Gasteiger partial charge in [-0.1, -0.05) is 20.3 Å². The molecule has 3 rings (SSSR count). The van der Waals surface area contributed by atoms with Gasteiger partial charge in [0.15, 0.2) is 0 Å². The molecule has 5 nitrogen and oxygen atoms in total. The summed E-state index contributed by atoms with van der Waals surface area (Å²) in [6.07, 6.45) is 6.25. The molecule has 1 aromatic heterocycles. The van der Waals surface area contributed by atoms with Crippen LogP contribution in [0.4, 0.5) is 5.82 Å². The number of ether oxygens (including phenoxy) is 1. The fourth-order valence-electron chi connectivity index (χ4n) is 3.92. The van der Waals surface area contributed by atoms with E-state index in [1.54, 1.807) is 0 Å². The van der Waals surface area contributed by atoms with E-state index in [-0.39, 0.29) is 5.54 Å². The average molecular weight is 332 g/mol. The largest absolute Gasteiger partial charge is 0.381 e. The Morgan fingerprint density at radius 1 is 1.17 bits per heavy atom. The Balaban J connectivity index is 1.73. The van der Waals surface area contributed by atoms with E-state index in [4.69, 9.17) is 9.72 Å². The zero-order chi connectivity index (χ0) is 17.0. The first-order valence-corrected chi connectivity index (χ1v) is 9.51. The maximum atomic E-state index is 5.66. The molecule has 2 fully saturated rings. The van der Waals surface area contributed by atoms with Crippen molar-refractivity contribution in [2.24, 2.45) is 0 Å². The van der Waals surface area contributed by atoms with E-state index >= 15 is 0 Å². The summed E-state index contributed by atoms with van der Waals surface area (Å²) in [5, 5.41) is 3.64. The van der Waals surface area contributed by atoms with Crippen molar-refractivity contribution in [2.45, 2.75) is 64.3 Å². The SMILES string of the molecule is Cc1cc(NCC2(N3CCCCC3)CCOCC2)nc(C(C)C)n1. The summed E-state index contributed by atoms with van der Waals surface area (Å²) >= 11 is 0. The molecule has 24 heavy (non-hydrogen) atoms. The Kier molecular flexibility index (Phi) is 5.72. The van der Waals surface area contributed by atoms with Gasteiger partial charge in [-0.15, -0.1) is 0 Å². The van der Waals surface area contributed by atoms with Gasteiger partial charge in [0.25, 0.3) is 0 Å². The molecule has 0 radical (unpaired) electrons. The summed E-state index contributed by atoms with van der Waals surface area (Å²) in [5.74, 6) is 2.25. The molecular weight excluding hydrogens is 300 g/mol. The number of likely N-dealkylation sites (tertiary alicyclic amines) is 1. The van der Waals surface area contributed by atoms with Crippen molar-refractivity contribution < 1.29 is 4.74 Å². The number of hydrogen-bond donors (Lipinski definition) is 1. The van der Waals surface area contributed by atoms with Crippen molar-refractivity contribution in [2.75, 3.05) is 38.2 Å². The minimum absolute atomic E-state index is 0.218. The molecule has 1 aromatic rings. The van der Waals surface area contributed by atoms with Crippen molar-refractivity contribution in [3.8, 4) is 0 Å². The molecule has 0 spiro atoms. The number of nitrogens with zero attached hydrogens (tertiary/aromatic N) is 3. The highest BCUT2D eigenvalue weighted by Crippen LogP contribution is 2.31. The Hall–Kier alpha value is -1.20. The van der Waals surface area contributed by atoms with Gasteiger partial charge in [0, 0.05) is 43.0 Å². The third-order valence-corrected chi connectivity index (χ3v) is 5.44. The minimum atomic E-state index is 0.218. The van der Waals surface area contributed by atoms with Gasteiger partial charge in [0.2, 0.25) is 0 Å². The number of piperidine rings is 1. The van der Waals surface area contributed by atoms with Crippen LogP contribution in [-0.4, -0.2) is 53.3 Å². The van der Waals surface area contributed by atoms with Crippen molar-refractivity contribution in [1.29, 1.82) is 0 Å². The summed E-state index contributed by atoms with van der Waals surface area (Å²) in [6, 6.07) is 2.06. The molecule has 0 aromatic carbocycles. The molecule has 0 bridgehead atoms. The number of rotatable bonds is 5. The van der Waals surface area contributed by atoms with Crippen LogP contribution in [0.2, 0.25) is 0 Å². The van der Waals surface area contributed by atoms with E-state index in [1.807, 2.05) is 6.92 Å². The molecule has 134 valence electrons. The summed E-state index contributed by atoms with van der Waals surface area (Å²) < 4.78 is 5.66. The van der Waals surface area contributed by atoms with E-state index in [0.29, 0.717) is 5.92 Å². The Labute approximate surface area is 146 Å². The first-order valence-electron chi connectivity index (χ1n) is 9.51. The van der Waals surface area contributed by atoms with E-state index in [1.165, 1.54) is 32.4 Å². The minimum Gasteiger partial charge on any atom is -0.381 e. The molecule has 1 N–H and O–H groups in total. The van der Waals surface area contributed by atoms with Crippen LogP contribution in [0.3, 0.4) is 0 Å². The summed E-state index contributed by atoms with van der Waals surface area (Å²) in [7, 11) is 0. The molecule has 0 aliphatic carbocycles. The highest BCUT2D eigenvalue weighted by molar-refractivity contribution is 5.37. The molecule has 2 aliphatic rings. The second-order valence-electron chi connectivity index (χ2n) is 7.65. The Morgan fingerprint density at radius 3 is 2.54 bits per heavy atom. The van der Waals surface area contributed by atoms with Crippen LogP contribution in [0.1, 0.15) is 63.4 Å². The topological polar surface area (TPSA) is 50.3 Å².